The first-order valence-electron chi connectivity index (χ1n) is 9.08. The largest absolute Gasteiger partial charge is 0.399 e. The minimum Gasteiger partial charge on any atom is -0.399 e. The zero-order chi connectivity index (χ0) is 19.7. The van der Waals surface area contributed by atoms with Crippen LogP contribution in [0.25, 0.3) is 10.8 Å². The normalized spacial score (nSPS) is 26.5. The molecule has 0 saturated heterocycles. The van der Waals surface area contributed by atoms with Crippen molar-refractivity contribution in [1.82, 2.24) is 0 Å². The molecule has 1 spiro atoms. The van der Waals surface area contributed by atoms with E-state index < -0.39 is 16.7 Å². The average Bonchev–Trinajstić information content (AvgIpc) is 3.29. The van der Waals surface area contributed by atoms with Gasteiger partial charge in [0.05, 0.1) is 23.4 Å². The van der Waals surface area contributed by atoms with Crippen LogP contribution in [0.15, 0.2) is 59.3 Å². The van der Waals surface area contributed by atoms with Crippen LogP contribution in [0.1, 0.15) is 28.8 Å². The number of nitriles is 3. The lowest BCUT2D eigenvalue weighted by molar-refractivity contribution is 0.0753. The number of benzene rings is 2. The standard InChI is InChI=1S/C23H14N4O/c24-10-16-14-6-3-8-17(14)23(22(11-25,12-26)20(16)27)18-9-2-5-13-4-1-7-15(19(13)18)21(23)28/h1-2,4-7,9,17H,3,8,27H2. The number of carbonyl (C=O) groups excluding carboxylic acids is 1. The van der Waals surface area contributed by atoms with Crippen LogP contribution >= 0.6 is 0 Å². The summed E-state index contributed by atoms with van der Waals surface area (Å²) in [6, 6.07) is 17.4. The lowest BCUT2D eigenvalue weighted by Gasteiger charge is -2.48. The van der Waals surface area contributed by atoms with E-state index in [-0.39, 0.29) is 17.1 Å². The number of Topliss-reactive ketones (excluding diaryl/α,β-unsaturated/α-hetero) is 1. The van der Waals surface area contributed by atoms with Crippen molar-refractivity contribution in [2.24, 2.45) is 17.1 Å². The molecule has 3 aliphatic carbocycles. The van der Waals surface area contributed by atoms with E-state index in [1.165, 1.54) is 0 Å². The van der Waals surface area contributed by atoms with Gasteiger partial charge in [-0.15, -0.1) is 0 Å². The number of hydrogen-bond donors (Lipinski definition) is 1. The molecule has 5 heteroatoms. The maximum atomic E-state index is 14.0. The van der Waals surface area contributed by atoms with E-state index in [4.69, 9.17) is 5.73 Å². The van der Waals surface area contributed by atoms with Crippen molar-refractivity contribution in [3.63, 3.8) is 0 Å². The topological polar surface area (TPSA) is 114 Å². The van der Waals surface area contributed by atoms with Crippen molar-refractivity contribution in [2.75, 3.05) is 0 Å². The highest BCUT2D eigenvalue weighted by atomic mass is 16.1. The quantitative estimate of drug-likeness (QED) is 0.771. The number of nitrogens with two attached hydrogens (primary N) is 1. The van der Waals surface area contributed by atoms with E-state index in [1.54, 1.807) is 6.07 Å². The SMILES string of the molecule is N#CC1=C(N)C(C#N)(C#N)C2(C(=O)c3cccc4cccc2c34)C2CCC=C12. The third kappa shape index (κ3) is 1.43. The molecule has 0 fully saturated rings. The second-order valence-corrected chi connectivity index (χ2v) is 7.51. The van der Waals surface area contributed by atoms with Gasteiger partial charge in [0.2, 0.25) is 5.41 Å². The van der Waals surface area contributed by atoms with Crippen LogP contribution in [0.5, 0.6) is 0 Å². The third-order valence-corrected chi connectivity index (χ3v) is 6.65. The van der Waals surface area contributed by atoms with Crippen LogP contribution < -0.4 is 5.73 Å². The molecule has 28 heavy (non-hydrogen) atoms. The molecule has 2 N–H and O–H groups in total. The van der Waals surface area contributed by atoms with Gasteiger partial charge in [0.1, 0.15) is 11.5 Å². The third-order valence-electron chi connectivity index (χ3n) is 6.65. The summed E-state index contributed by atoms with van der Waals surface area (Å²) in [7, 11) is 0. The van der Waals surface area contributed by atoms with E-state index in [1.807, 2.05) is 36.4 Å². The van der Waals surface area contributed by atoms with Crippen LogP contribution in [-0.2, 0) is 5.41 Å². The lowest BCUT2D eigenvalue weighted by Crippen LogP contribution is -2.58. The van der Waals surface area contributed by atoms with Crippen molar-refractivity contribution in [3.05, 3.63) is 70.4 Å². The Morgan fingerprint density at radius 2 is 1.79 bits per heavy atom. The molecule has 5 rings (SSSR count). The fourth-order valence-electron chi connectivity index (χ4n) is 5.60. The zero-order valence-corrected chi connectivity index (χ0v) is 14.9. The summed E-state index contributed by atoms with van der Waals surface area (Å²) in [4.78, 5) is 14.0. The van der Waals surface area contributed by atoms with Gasteiger partial charge in [0.15, 0.2) is 5.78 Å². The molecule has 0 bridgehead atoms. The molecule has 2 unspecified atom stereocenters. The van der Waals surface area contributed by atoms with E-state index >= 15 is 0 Å². The Morgan fingerprint density at radius 3 is 2.46 bits per heavy atom. The van der Waals surface area contributed by atoms with Gasteiger partial charge in [0, 0.05) is 11.5 Å². The second-order valence-electron chi connectivity index (χ2n) is 7.51. The fourth-order valence-corrected chi connectivity index (χ4v) is 5.60. The Balaban J connectivity index is 2.02. The van der Waals surface area contributed by atoms with Gasteiger partial charge >= 0.3 is 0 Å². The maximum absolute atomic E-state index is 14.0. The molecular formula is C23H14N4O. The van der Waals surface area contributed by atoms with E-state index in [2.05, 4.69) is 18.2 Å². The lowest BCUT2D eigenvalue weighted by atomic mass is 9.48. The summed E-state index contributed by atoms with van der Waals surface area (Å²) in [5.41, 5.74) is 4.92. The van der Waals surface area contributed by atoms with Crippen molar-refractivity contribution in [3.8, 4) is 18.2 Å². The van der Waals surface area contributed by atoms with E-state index in [0.29, 0.717) is 29.5 Å². The number of rotatable bonds is 0. The van der Waals surface area contributed by atoms with Gasteiger partial charge < -0.3 is 5.73 Å². The Kier molecular flexibility index (Phi) is 2.97. The van der Waals surface area contributed by atoms with Crippen molar-refractivity contribution in [1.29, 1.82) is 15.8 Å². The fraction of sp³-hybridized carbons (Fsp3) is 0.217. The molecule has 0 saturated carbocycles. The molecular weight excluding hydrogens is 348 g/mol. The van der Waals surface area contributed by atoms with Crippen LogP contribution in [-0.4, -0.2) is 5.78 Å². The number of ketones is 1. The van der Waals surface area contributed by atoms with Gasteiger partial charge in [-0.05, 0) is 34.8 Å². The van der Waals surface area contributed by atoms with Crippen LogP contribution in [0.4, 0.5) is 0 Å². The predicted octanol–water partition coefficient (Wildman–Crippen LogP) is 3.39. The highest BCUT2D eigenvalue weighted by Crippen LogP contribution is 2.65. The minimum absolute atomic E-state index is 0.109. The average molecular weight is 362 g/mol. The number of nitrogens with zero attached hydrogens (tertiary/aromatic N) is 3. The van der Waals surface area contributed by atoms with E-state index in [0.717, 1.165) is 10.8 Å². The number of carbonyl (C=O) groups is 1. The number of allylic oxidation sites excluding steroid dienone is 4. The van der Waals surface area contributed by atoms with Crippen molar-refractivity contribution < 1.29 is 4.79 Å². The summed E-state index contributed by atoms with van der Waals surface area (Å²) in [5.74, 6) is -0.681. The predicted molar refractivity (Wildman–Crippen MR) is 101 cm³/mol. The first-order chi connectivity index (χ1) is 13.6. The Bertz CT molecular complexity index is 1280. The van der Waals surface area contributed by atoms with Gasteiger partial charge in [-0.1, -0.05) is 42.5 Å². The summed E-state index contributed by atoms with van der Waals surface area (Å²) < 4.78 is 0. The number of fused-ring (bicyclic) bond motifs is 3. The van der Waals surface area contributed by atoms with Gasteiger partial charge in [-0.3, -0.25) is 4.79 Å². The minimum atomic E-state index is -1.94. The second kappa shape index (κ2) is 5.10. The molecule has 3 aliphatic rings. The Hall–Kier alpha value is -3.88. The number of hydrogen-bond acceptors (Lipinski definition) is 5. The summed E-state index contributed by atoms with van der Waals surface area (Å²) in [6.45, 7) is 0. The molecule has 0 radical (unpaired) electrons. The van der Waals surface area contributed by atoms with Gasteiger partial charge in [-0.25, -0.2) is 0 Å². The Morgan fingerprint density at radius 1 is 1.07 bits per heavy atom. The molecule has 2 aromatic carbocycles. The van der Waals surface area contributed by atoms with Gasteiger partial charge in [0.25, 0.3) is 0 Å². The monoisotopic (exact) mass is 362 g/mol. The zero-order valence-electron chi connectivity index (χ0n) is 14.9. The molecule has 2 atom stereocenters. The molecule has 0 amide bonds. The Labute approximate surface area is 161 Å². The molecule has 132 valence electrons. The van der Waals surface area contributed by atoms with Crippen molar-refractivity contribution >= 4 is 16.6 Å². The highest BCUT2D eigenvalue weighted by Gasteiger charge is 2.70. The van der Waals surface area contributed by atoms with Crippen LogP contribution in [0.2, 0.25) is 0 Å². The van der Waals surface area contributed by atoms with E-state index in [9.17, 15) is 20.6 Å². The first kappa shape index (κ1) is 16.3. The molecule has 0 heterocycles. The van der Waals surface area contributed by atoms with Crippen LogP contribution in [0, 0.1) is 45.3 Å². The smallest absolute Gasteiger partial charge is 0.201 e. The van der Waals surface area contributed by atoms with Crippen molar-refractivity contribution in [2.45, 2.75) is 18.3 Å². The maximum Gasteiger partial charge on any atom is 0.201 e. The molecule has 2 aromatic rings. The first-order valence-corrected chi connectivity index (χ1v) is 9.08. The summed E-state index contributed by atoms with van der Waals surface area (Å²) in [5, 5.41) is 31.9. The molecule has 5 nitrogen and oxygen atoms in total. The summed E-state index contributed by atoms with van der Waals surface area (Å²) >= 11 is 0. The van der Waals surface area contributed by atoms with Gasteiger partial charge in [-0.2, -0.15) is 15.8 Å². The molecule has 0 aromatic heterocycles. The summed E-state index contributed by atoms with van der Waals surface area (Å²) in [6.07, 6.45) is 3.19. The van der Waals surface area contributed by atoms with Crippen LogP contribution in [0.3, 0.4) is 0 Å². The highest BCUT2D eigenvalue weighted by molar-refractivity contribution is 6.22. The molecule has 0 aliphatic heterocycles.